The van der Waals surface area contributed by atoms with Gasteiger partial charge in [0.25, 0.3) is 5.91 Å². The molecule has 0 fully saturated rings. The Kier molecular flexibility index (Phi) is 4.79. The van der Waals surface area contributed by atoms with Crippen molar-refractivity contribution in [2.45, 2.75) is 20.8 Å². The van der Waals surface area contributed by atoms with Crippen molar-refractivity contribution in [3.63, 3.8) is 0 Å². The van der Waals surface area contributed by atoms with Gasteiger partial charge in [0.2, 0.25) is 0 Å². The van der Waals surface area contributed by atoms with Crippen molar-refractivity contribution in [1.82, 2.24) is 4.57 Å². The molecule has 0 bridgehead atoms. The normalized spacial score (nSPS) is 10.9. The first-order chi connectivity index (χ1) is 12.0. The molecule has 4 nitrogen and oxygen atoms in total. The Bertz CT molecular complexity index is 907. The summed E-state index contributed by atoms with van der Waals surface area (Å²) in [6.07, 6.45) is 1.98. The molecule has 0 radical (unpaired) electrons. The second-order valence-corrected chi connectivity index (χ2v) is 6.29. The van der Waals surface area contributed by atoms with Gasteiger partial charge in [0.1, 0.15) is 0 Å². The number of rotatable bonds is 5. The Labute approximate surface area is 149 Å². The van der Waals surface area contributed by atoms with Crippen molar-refractivity contribution >= 4 is 28.2 Å². The first-order valence-corrected chi connectivity index (χ1v) is 8.76. The summed E-state index contributed by atoms with van der Waals surface area (Å²) in [6, 6.07) is 14.0. The van der Waals surface area contributed by atoms with Crippen LogP contribution in [-0.4, -0.2) is 23.6 Å². The predicted octanol–water partition coefficient (Wildman–Crippen LogP) is 4.59. The third-order valence-corrected chi connectivity index (χ3v) is 4.76. The van der Waals surface area contributed by atoms with Crippen LogP contribution in [0.2, 0.25) is 0 Å². The number of nitrogens with one attached hydrogen (secondary N) is 1. The van der Waals surface area contributed by atoms with Crippen molar-refractivity contribution in [3.05, 3.63) is 59.8 Å². The number of carbonyl (C=O) groups excluding carboxylic acids is 1. The second kappa shape index (κ2) is 7.01. The molecule has 130 valence electrons. The van der Waals surface area contributed by atoms with Crippen LogP contribution >= 0.6 is 0 Å². The smallest absolute Gasteiger partial charge is 0.256 e. The molecule has 2 aromatic carbocycles. The number of hydrogen-bond donors (Lipinski definition) is 1. The van der Waals surface area contributed by atoms with Crippen molar-refractivity contribution in [2.24, 2.45) is 7.05 Å². The average Bonchev–Trinajstić information content (AvgIpc) is 2.99. The predicted molar refractivity (Wildman–Crippen MR) is 106 cm³/mol. The van der Waals surface area contributed by atoms with E-state index in [1.54, 1.807) is 0 Å². The molecule has 0 aliphatic heterocycles. The summed E-state index contributed by atoms with van der Waals surface area (Å²) in [4.78, 5) is 15.1. The fraction of sp³-hybridized carbons (Fsp3) is 0.286. The molecule has 1 aromatic heterocycles. The zero-order chi connectivity index (χ0) is 18.0. The second-order valence-electron chi connectivity index (χ2n) is 6.29. The van der Waals surface area contributed by atoms with E-state index in [1.165, 1.54) is 5.69 Å². The molecular weight excluding hydrogens is 310 g/mol. The van der Waals surface area contributed by atoms with Gasteiger partial charge in [-0.05, 0) is 62.7 Å². The molecule has 3 rings (SSSR count). The fourth-order valence-corrected chi connectivity index (χ4v) is 3.26. The van der Waals surface area contributed by atoms with E-state index in [-0.39, 0.29) is 5.91 Å². The van der Waals surface area contributed by atoms with E-state index in [2.05, 4.69) is 36.2 Å². The Morgan fingerprint density at radius 2 is 1.88 bits per heavy atom. The van der Waals surface area contributed by atoms with Crippen molar-refractivity contribution in [2.75, 3.05) is 23.3 Å². The van der Waals surface area contributed by atoms with E-state index < -0.39 is 0 Å². The molecule has 3 aromatic rings. The van der Waals surface area contributed by atoms with E-state index in [1.807, 2.05) is 55.1 Å². The number of nitrogens with zero attached hydrogens (tertiary/aromatic N) is 2. The van der Waals surface area contributed by atoms with Crippen LogP contribution in [0.25, 0.3) is 10.9 Å². The Morgan fingerprint density at radius 1 is 1.12 bits per heavy atom. The van der Waals surface area contributed by atoms with Gasteiger partial charge in [0, 0.05) is 54.2 Å². The molecule has 1 N–H and O–H groups in total. The fourth-order valence-electron chi connectivity index (χ4n) is 3.26. The third kappa shape index (κ3) is 3.25. The molecule has 0 aliphatic carbocycles. The van der Waals surface area contributed by atoms with Crippen LogP contribution in [0.15, 0.2) is 48.7 Å². The van der Waals surface area contributed by atoms with E-state index in [9.17, 15) is 4.79 Å². The molecule has 1 heterocycles. The van der Waals surface area contributed by atoms with Gasteiger partial charge in [-0.1, -0.05) is 6.07 Å². The quantitative estimate of drug-likeness (QED) is 0.741. The number of fused-ring (bicyclic) bond motifs is 1. The largest absolute Gasteiger partial charge is 0.372 e. The summed E-state index contributed by atoms with van der Waals surface area (Å²) >= 11 is 0. The van der Waals surface area contributed by atoms with Gasteiger partial charge in [0.05, 0.1) is 0 Å². The SMILES string of the molecule is CCN(CC)c1ccc(NC(=O)c2cccc3c2ccn3C)c(C)c1. The minimum absolute atomic E-state index is 0.0736. The highest BCUT2D eigenvalue weighted by molar-refractivity contribution is 6.12. The number of hydrogen-bond acceptors (Lipinski definition) is 2. The lowest BCUT2D eigenvalue weighted by molar-refractivity contribution is 0.102. The van der Waals surface area contributed by atoms with E-state index in [4.69, 9.17) is 0 Å². The monoisotopic (exact) mass is 335 g/mol. The summed E-state index contributed by atoms with van der Waals surface area (Å²) in [5, 5.41) is 4.04. The van der Waals surface area contributed by atoms with Gasteiger partial charge in [0.15, 0.2) is 0 Å². The molecule has 0 saturated heterocycles. The number of amides is 1. The zero-order valence-electron chi connectivity index (χ0n) is 15.3. The topological polar surface area (TPSA) is 37.3 Å². The minimum atomic E-state index is -0.0736. The summed E-state index contributed by atoms with van der Waals surface area (Å²) in [5.41, 5.74) is 4.86. The van der Waals surface area contributed by atoms with Gasteiger partial charge in [-0.2, -0.15) is 0 Å². The summed E-state index contributed by atoms with van der Waals surface area (Å²) in [5.74, 6) is -0.0736. The van der Waals surface area contributed by atoms with Crippen molar-refractivity contribution in [1.29, 1.82) is 0 Å². The maximum Gasteiger partial charge on any atom is 0.256 e. The molecule has 4 heteroatoms. The van der Waals surface area contributed by atoms with Crippen LogP contribution in [-0.2, 0) is 7.05 Å². The number of anilines is 2. The lowest BCUT2D eigenvalue weighted by Crippen LogP contribution is -2.22. The Morgan fingerprint density at radius 3 is 2.56 bits per heavy atom. The van der Waals surface area contributed by atoms with Crippen molar-refractivity contribution in [3.8, 4) is 0 Å². The van der Waals surface area contributed by atoms with Crippen LogP contribution in [0, 0.1) is 6.92 Å². The van der Waals surface area contributed by atoms with E-state index in [0.29, 0.717) is 5.56 Å². The highest BCUT2D eigenvalue weighted by atomic mass is 16.1. The van der Waals surface area contributed by atoms with E-state index in [0.717, 1.165) is 35.2 Å². The molecule has 1 amide bonds. The molecule has 0 unspecified atom stereocenters. The van der Waals surface area contributed by atoms with Gasteiger partial charge in [-0.3, -0.25) is 4.79 Å². The van der Waals surface area contributed by atoms with Gasteiger partial charge < -0.3 is 14.8 Å². The number of benzene rings is 2. The zero-order valence-corrected chi connectivity index (χ0v) is 15.3. The maximum atomic E-state index is 12.8. The molecule has 0 spiro atoms. The maximum absolute atomic E-state index is 12.8. The molecule has 0 atom stereocenters. The molecular formula is C21H25N3O. The number of carbonyl (C=O) groups is 1. The Balaban J connectivity index is 1.88. The first kappa shape index (κ1) is 17.1. The third-order valence-electron chi connectivity index (χ3n) is 4.76. The highest BCUT2D eigenvalue weighted by Gasteiger charge is 2.13. The molecule has 0 aliphatic rings. The number of aryl methyl sites for hydroxylation is 2. The highest BCUT2D eigenvalue weighted by Crippen LogP contribution is 2.25. The van der Waals surface area contributed by atoms with Gasteiger partial charge >= 0.3 is 0 Å². The van der Waals surface area contributed by atoms with Gasteiger partial charge in [-0.15, -0.1) is 0 Å². The number of aromatic nitrogens is 1. The molecule has 25 heavy (non-hydrogen) atoms. The minimum Gasteiger partial charge on any atom is -0.372 e. The van der Waals surface area contributed by atoms with Crippen LogP contribution in [0.4, 0.5) is 11.4 Å². The average molecular weight is 335 g/mol. The summed E-state index contributed by atoms with van der Waals surface area (Å²) in [7, 11) is 1.99. The van der Waals surface area contributed by atoms with Crippen molar-refractivity contribution < 1.29 is 4.79 Å². The summed E-state index contributed by atoms with van der Waals surface area (Å²) < 4.78 is 2.02. The van der Waals surface area contributed by atoms with Crippen LogP contribution in [0.5, 0.6) is 0 Å². The van der Waals surface area contributed by atoms with Crippen LogP contribution < -0.4 is 10.2 Å². The van der Waals surface area contributed by atoms with E-state index >= 15 is 0 Å². The van der Waals surface area contributed by atoms with Crippen LogP contribution in [0.3, 0.4) is 0 Å². The molecule has 0 saturated carbocycles. The van der Waals surface area contributed by atoms with Gasteiger partial charge in [-0.25, -0.2) is 0 Å². The Hall–Kier alpha value is -2.75. The lowest BCUT2D eigenvalue weighted by atomic mass is 10.1. The first-order valence-electron chi connectivity index (χ1n) is 8.76. The lowest BCUT2D eigenvalue weighted by Gasteiger charge is -2.22. The van der Waals surface area contributed by atoms with Crippen LogP contribution in [0.1, 0.15) is 29.8 Å². The summed E-state index contributed by atoms with van der Waals surface area (Å²) in [6.45, 7) is 8.27. The standard InChI is InChI=1S/C21H25N3O/c1-5-24(6-2)16-10-11-19(15(3)14-16)22-21(25)18-8-7-9-20-17(18)12-13-23(20)4/h7-14H,5-6H2,1-4H3,(H,22,25).